The van der Waals surface area contributed by atoms with Gasteiger partial charge in [-0.15, -0.1) is 11.6 Å². The molecule has 3 aliphatic heterocycles. The average molecular weight is 624 g/mol. The molecule has 2 unspecified atom stereocenters. The van der Waals surface area contributed by atoms with Gasteiger partial charge < -0.3 is 30.3 Å². The van der Waals surface area contributed by atoms with E-state index in [1.54, 1.807) is 4.90 Å². The topological polar surface area (TPSA) is 130 Å². The predicted molar refractivity (Wildman–Crippen MR) is 157 cm³/mol. The monoisotopic (exact) mass is 623 g/mol. The van der Waals surface area contributed by atoms with E-state index < -0.39 is 49.7 Å². The lowest BCUT2D eigenvalue weighted by Crippen LogP contribution is -2.62. The lowest BCUT2D eigenvalue weighted by Gasteiger charge is -2.41. The lowest BCUT2D eigenvalue weighted by molar-refractivity contribution is -0.134. The molecular weight excluding hydrogens is 572 g/mol. The second-order valence-corrected chi connectivity index (χ2v) is 13.5. The summed E-state index contributed by atoms with van der Waals surface area (Å²) in [6.45, 7) is 4.33. The van der Waals surface area contributed by atoms with Gasteiger partial charge in [0.2, 0.25) is 5.91 Å². The summed E-state index contributed by atoms with van der Waals surface area (Å²) in [4.78, 5) is 17.0. The van der Waals surface area contributed by atoms with E-state index in [1.807, 2.05) is 0 Å². The van der Waals surface area contributed by atoms with Gasteiger partial charge in [0.1, 0.15) is 18.6 Å². The number of alkyl halides is 3. The van der Waals surface area contributed by atoms with E-state index >= 15 is 8.78 Å². The van der Waals surface area contributed by atoms with Crippen LogP contribution < -0.4 is 16.0 Å². The number of hydrogen-bond donors (Lipinski definition) is 6. The molecule has 0 aromatic heterocycles. The van der Waals surface area contributed by atoms with Crippen molar-refractivity contribution in [2.24, 2.45) is 17.8 Å². The van der Waals surface area contributed by atoms with Gasteiger partial charge in [0.05, 0.1) is 36.8 Å². The van der Waals surface area contributed by atoms with Gasteiger partial charge in [-0.25, -0.2) is 8.78 Å². The van der Waals surface area contributed by atoms with Crippen molar-refractivity contribution in [3.05, 3.63) is 0 Å². The van der Waals surface area contributed by atoms with Crippen molar-refractivity contribution in [2.75, 3.05) is 72.2 Å². The Morgan fingerprint density at radius 2 is 1.60 bits per heavy atom. The number of ether oxygens (including phenoxy) is 1. The summed E-state index contributed by atoms with van der Waals surface area (Å²) < 4.78 is 36.0. The van der Waals surface area contributed by atoms with Crippen molar-refractivity contribution in [2.45, 2.75) is 87.0 Å². The van der Waals surface area contributed by atoms with Gasteiger partial charge in [0.15, 0.2) is 0 Å². The van der Waals surface area contributed by atoms with Gasteiger partial charge in [-0.1, -0.05) is 0 Å². The van der Waals surface area contributed by atoms with E-state index in [0.29, 0.717) is 38.6 Å². The standard InChI is InChI=1S/C29H52ClF2N5O5/c30-22-14-33-28(34-15-22)36-6-3-20(4-7-36)2-1-9-42-23-10-25(31)24(26(32)11-23)12-27(41)37-8-5-21(16-37)13-35-29(17-38,18-39)19-40/h20-26,28,33-35,38-40H,1-19H2/t21-,22?,23?,24?,25?,26?,28?/m0/s1. The summed E-state index contributed by atoms with van der Waals surface area (Å²) in [6.07, 6.45) is 1.91. The van der Waals surface area contributed by atoms with Gasteiger partial charge in [0.25, 0.3) is 0 Å². The summed E-state index contributed by atoms with van der Waals surface area (Å²) in [7, 11) is 0. The van der Waals surface area contributed by atoms with Crippen LogP contribution in [0.15, 0.2) is 0 Å². The van der Waals surface area contributed by atoms with E-state index in [9.17, 15) is 20.1 Å². The maximum atomic E-state index is 15.1. The Bertz CT molecular complexity index is 797. The third-order valence-corrected chi connectivity index (χ3v) is 10.1. The first-order chi connectivity index (χ1) is 20.3. The molecule has 1 aliphatic carbocycles. The number of carbonyl (C=O) groups is 1. The second-order valence-electron chi connectivity index (χ2n) is 12.9. The minimum absolute atomic E-state index is 0.0714. The van der Waals surface area contributed by atoms with Crippen LogP contribution in [0.2, 0.25) is 0 Å². The van der Waals surface area contributed by atoms with Crippen LogP contribution >= 0.6 is 11.6 Å². The minimum Gasteiger partial charge on any atom is -0.394 e. The average Bonchev–Trinajstić information content (AvgIpc) is 3.48. The Labute approximate surface area is 253 Å². The number of amides is 1. The molecule has 0 radical (unpaired) electrons. The van der Waals surface area contributed by atoms with Gasteiger partial charge >= 0.3 is 0 Å². The number of nitrogens with zero attached hydrogens (tertiary/aromatic N) is 2. The molecule has 0 bridgehead atoms. The lowest BCUT2D eigenvalue weighted by atomic mass is 9.81. The van der Waals surface area contributed by atoms with Gasteiger partial charge in [0, 0.05) is 77.6 Å². The van der Waals surface area contributed by atoms with Gasteiger partial charge in [-0.2, -0.15) is 0 Å². The Hall–Kier alpha value is -0.700. The van der Waals surface area contributed by atoms with Crippen LogP contribution in [-0.2, 0) is 9.53 Å². The Morgan fingerprint density at radius 3 is 2.21 bits per heavy atom. The summed E-state index contributed by atoms with van der Waals surface area (Å²) in [5.41, 5.74) is -1.17. The predicted octanol–water partition coefficient (Wildman–Crippen LogP) is 0.578. The van der Waals surface area contributed by atoms with Crippen molar-refractivity contribution in [1.29, 1.82) is 0 Å². The van der Waals surface area contributed by atoms with Crippen molar-refractivity contribution in [1.82, 2.24) is 25.8 Å². The Balaban J connectivity index is 1.09. The first kappa shape index (κ1) is 34.2. The third-order valence-electron chi connectivity index (χ3n) is 9.82. The normalized spacial score (nSPS) is 33.8. The molecule has 3 saturated heterocycles. The summed E-state index contributed by atoms with van der Waals surface area (Å²) >= 11 is 6.14. The number of halogens is 3. The smallest absolute Gasteiger partial charge is 0.223 e. The fraction of sp³-hybridized carbons (Fsp3) is 0.966. The molecule has 4 aliphatic rings. The molecule has 1 amide bonds. The molecule has 3 heterocycles. The number of aliphatic hydroxyl groups is 3. The number of likely N-dealkylation sites (tertiary alicyclic amines) is 2. The number of aliphatic hydroxyl groups excluding tert-OH is 3. The fourth-order valence-corrected chi connectivity index (χ4v) is 6.98. The van der Waals surface area contributed by atoms with Crippen LogP contribution in [0, 0.1) is 17.8 Å². The van der Waals surface area contributed by atoms with E-state index in [4.69, 9.17) is 16.3 Å². The highest BCUT2D eigenvalue weighted by molar-refractivity contribution is 6.21. The van der Waals surface area contributed by atoms with Crippen molar-refractivity contribution < 1.29 is 33.6 Å². The number of rotatable bonds is 14. The Kier molecular flexibility index (Phi) is 13.5. The maximum absolute atomic E-state index is 15.1. The molecular formula is C29H52ClF2N5O5. The number of piperidine rings is 1. The Morgan fingerprint density at radius 1 is 0.976 bits per heavy atom. The summed E-state index contributed by atoms with van der Waals surface area (Å²) in [6, 6.07) is 0. The van der Waals surface area contributed by atoms with Crippen molar-refractivity contribution in [3.8, 4) is 0 Å². The highest BCUT2D eigenvalue weighted by atomic mass is 35.5. The van der Waals surface area contributed by atoms with Crippen LogP contribution in [0.5, 0.6) is 0 Å². The van der Waals surface area contributed by atoms with E-state index in [-0.39, 0.29) is 42.8 Å². The van der Waals surface area contributed by atoms with Crippen LogP contribution in [0.4, 0.5) is 8.78 Å². The van der Waals surface area contributed by atoms with Crippen molar-refractivity contribution >= 4 is 17.5 Å². The highest BCUT2D eigenvalue weighted by Gasteiger charge is 2.41. The molecule has 42 heavy (non-hydrogen) atoms. The minimum atomic E-state index is -1.41. The zero-order chi connectivity index (χ0) is 30.1. The molecule has 0 spiro atoms. The number of nitrogens with one attached hydrogen (secondary N) is 3. The van der Waals surface area contributed by atoms with E-state index in [0.717, 1.165) is 51.9 Å². The molecule has 10 nitrogen and oxygen atoms in total. The zero-order valence-electron chi connectivity index (χ0n) is 24.7. The molecule has 4 rings (SSSR count). The highest BCUT2D eigenvalue weighted by Crippen LogP contribution is 2.35. The molecule has 3 atom stereocenters. The quantitative estimate of drug-likeness (QED) is 0.122. The van der Waals surface area contributed by atoms with Crippen LogP contribution in [-0.4, -0.2) is 139 Å². The SMILES string of the molecule is O=C(CC1C(F)CC(OCCCC2CCN(C3NCC(Cl)CN3)CC2)CC1F)N1CC[C@@H](CNC(CO)(CO)CO)C1. The largest absolute Gasteiger partial charge is 0.394 e. The molecule has 0 aromatic carbocycles. The van der Waals surface area contributed by atoms with E-state index in [2.05, 4.69) is 20.9 Å². The maximum Gasteiger partial charge on any atom is 0.223 e. The summed E-state index contributed by atoms with van der Waals surface area (Å²) in [5.74, 6) is -0.480. The van der Waals surface area contributed by atoms with Crippen LogP contribution in [0.25, 0.3) is 0 Å². The first-order valence-electron chi connectivity index (χ1n) is 15.9. The van der Waals surface area contributed by atoms with Crippen LogP contribution in [0.1, 0.15) is 51.4 Å². The molecule has 6 N–H and O–H groups in total. The van der Waals surface area contributed by atoms with Crippen molar-refractivity contribution in [3.63, 3.8) is 0 Å². The van der Waals surface area contributed by atoms with Gasteiger partial charge in [-0.05, 0) is 43.9 Å². The van der Waals surface area contributed by atoms with Crippen LogP contribution in [0.3, 0.4) is 0 Å². The molecule has 4 fully saturated rings. The van der Waals surface area contributed by atoms with Gasteiger partial charge in [-0.3, -0.25) is 20.3 Å². The molecule has 1 saturated carbocycles. The number of hydrogen-bond acceptors (Lipinski definition) is 9. The first-order valence-corrected chi connectivity index (χ1v) is 16.3. The number of carbonyl (C=O) groups excluding carboxylic acids is 1. The molecule has 0 aromatic rings. The fourth-order valence-electron chi connectivity index (χ4n) is 6.80. The molecule has 244 valence electrons. The third kappa shape index (κ3) is 9.40. The second kappa shape index (κ2) is 16.6. The summed E-state index contributed by atoms with van der Waals surface area (Å²) in [5, 5.41) is 38.5. The zero-order valence-corrected chi connectivity index (χ0v) is 25.5. The molecule has 13 heteroatoms. The van der Waals surface area contributed by atoms with E-state index in [1.165, 1.54) is 0 Å².